The SMILES string of the molecule is O=C(NCc1ccncn1)NCc1cc(C(=O)O)ccn1. The van der Waals surface area contributed by atoms with Crippen LogP contribution in [0.4, 0.5) is 4.79 Å². The van der Waals surface area contributed by atoms with Gasteiger partial charge >= 0.3 is 12.0 Å². The minimum absolute atomic E-state index is 0.128. The van der Waals surface area contributed by atoms with Gasteiger partial charge in [-0.25, -0.2) is 19.6 Å². The van der Waals surface area contributed by atoms with Crippen molar-refractivity contribution in [2.24, 2.45) is 0 Å². The second kappa shape index (κ2) is 6.94. The van der Waals surface area contributed by atoms with Crippen LogP contribution in [0, 0.1) is 0 Å². The summed E-state index contributed by atoms with van der Waals surface area (Å²) >= 11 is 0. The van der Waals surface area contributed by atoms with Gasteiger partial charge in [0.1, 0.15) is 6.33 Å². The van der Waals surface area contributed by atoms with Crippen LogP contribution in [0.2, 0.25) is 0 Å². The second-order valence-corrected chi connectivity index (χ2v) is 4.08. The highest BCUT2D eigenvalue weighted by Crippen LogP contribution is 2.01. The van der Waals surface area contributed by atoms with E-state index in [1.807, 2.05) is 0 Å². The van der Waals surface area contributed by atoms with Gasteiger partial charge in [-0.2, -0.15) is 0 Å². The molecule has 0 spiro atoms. The zero-order chi connectivity index (χ0) is 15.1. The lowest BCUT2D eigenvalue weighted by molar-refractivity contribution is 0.0696. The van der Waals surface area contributed by atoms with Crippen LogP contribution in [-0.2, 0) is 13.1 Å². The van der Waals surface area contributed by atoms with E-state index < -0.39 is 12.0 Å². The molecule has 0 bridgehead atoms. The van der Waals surface area contributed by atoms with E-state index >= 15 is 0 Å². The number of aromatic nitrogens is 3. The zero-order valence-electron chi connectivity index (χ0n) is 11.0. The molecule has 8 heteroatoms. The second-order valence-electron chi connectivity index (χ2n) is 4.08. The van der Waals surface area contributed by atoms with Crippen molar-refractivity contribution in [1.29, 1.82) is 0 Å². The average molecular weight is 287 g/mol. The summed E-state index contributed by atoms with van der Waals surface area (Å²) in [6, 6.07) is 4.10. The molecule has 0 saturated heterocycles. The fourth-order valence-electron chi connectivity index (χ4n) is 1.53. The zero-order valence-corrected chi connectivity index (χ0v) is 11.0. The number of carboxylic acids is 1. The largest absolute Gasteiger partial charge is 0.478 e. The van der Waals surface area contributed by atoms with Gasteiger partial charge in [0, 0.05) is 12.4 Å². The quantitative estimate of drug-likeness (QED) is 0.740. The molecule has 3 N–H and O–H groups in total. The Balaban J connectivity index is 1.81. The summed E-state index contributed by atoms with van der Waals surface area (Å²) in [5, 5.41) is 14.1. The van der Waals surface area contributed by atoms with E-state index in [1.54, 1.807) is 12.3 Å². The minimum Gasteiger partial charge on any atom is -0.478 e. The van der Waals surface area contributed by atoms with Crippen LogP contribution in [0.25, 0.3) is 0 Å². The van der Waals surface area contributed by atoms with Gasteiger partial charge in [-0.05, 0) is 18.2 Å². The molecule has 0 saturated carbocycles. The average Bonchev–Trinajstić information content (AvgIpc) is 2.52. The molecule has 2 rings (SSSR count). The summed E-state index contributed by atoms with van der Waals surface area (Å²) in [6.07, 6.45) is 4.37. The number of carbonyl (C=O) groups is 2. The number of pyridine rings is 1. The first-order valence-electron chi connectivity index (χ1n) is 6.10. The third-order valence-electron chi connectivity index (χ3n) is 2.57. The highest BCUT2D eigenvalue weighted by molar-refractivity contribution is 5.87. The number of urea groups is 1. The molecule has 2 heterocycles. The van der Waals surface area contributed by atoms with Gasteiger partial charge in [0.05, 0.1) is 30.0 Å². The van der Waals surface area contributed by atoms with Crippen LogP contribution in [-0.4, -0.2) is 32.1 Å². The van der Waals surface area contributed by atoms with Crippen molar-refractivity contribution in [3.63, 3.8) is 0 Å². The van der Waals surface area contributed by atoms with Crippen molar-refractivity contribution in [1.82, 2.24) is 25.6 Å². The molecule has 2 amide bonds. The van der Waals surface area contributed by atoms with Crippen LogP contribution in [0.3, 0.4) is 0 Å². The molecule has 0 fully saturated rings. The predicted molar refractivity (Wildman–Crippen MR) is 72.3 cm³/mol. The van der Waals surface area contributed by atoms with E-state index in [-0.39, 0.29) is 18.7 Å². The number of carboxylic acid groups (broad SMARTS) is 1. The molecule has 21 heavy (non-hydrogen) atoms. The Bertz CT molecular complexity index is 633. The van der Waals surface area contributed by atoms with Crippen LogP contribution in [0.5, 0.6) is 0 Å². The predicted octanol–water partition coefficient (Wildman–Crippen LogP) is 0.569. The highest BCUT2D eigenvalue weighted by atomic mass is 16.4. The highest BCUT2D eigenvalue weighted by Gasteiger charge is 2.06. The van der Waals surface area contributed by atoms with Crippen LogP contribution in [0.15, 0.2) is 36.9 Å². The molecular formula is C13H13N5O3. The van der Waals surface area contributed by atoms with E-state index in [4.69, 9.17) is 5.11 Å². The molecule has 0 aliphatic heterocycles. The maximum absolute atomic E-state index is 11.6. The summed E-state index contributed by atoms with van der Waals surface area (Å²) in [4.78, 5) is 34.1. The Morgan fingerprint density at radius 3 is 2.48 bits per heavy atom. The van der Waals surface area contributed by atoms with Crippen LogP contribution < -0.4 is 10.6 Å². The molecule has 2 aromatic heterocycles. The van der Waals surface area contributed by atoms with E-state index in [0.29, 0.717) is 11.4 Å². The molecule has 0 unspecified atom stereocenters. The van der Waals surface area contributed by atoms with Crippen molar-refractivity contribution >= 4 is 12.0 Å². The third-order valence-corrected chi connectivity index (χ3v) is 2.57. The monoisotopic (exact) mass is 287 g/mol. The fourth-order valence-corrected chi connectivity index (χ4v) is 1.53. The van der Waals surface area contributed by atoms with Gasteiger partial charge in [0.25, 0.3) is 0 Å². The smallest absolute Gasteiger partial charge is 0.335 e. The van der Waals surface area contributed by atoms with Crippen molar-refractivity contribution < 1.29 is 14.7 Å². The summed E-state index contributed by atoms with van der Waals surface area (Å²) in [5.41, 5.74) is 1.28. The number of amides is 2. The molecule has 8 nitrogen and oxygen atoms in total. The van der Waals surface area contributed by atoms with Crippen molar-refractivity contribution in [3.05, 3.63) is 53.9 Å². The normalized spacial score (nSPS) is 9.90. The molecule has 0 atom stereocenters. The van der Waals surface area contributed by atoms with E-state index in [9.17, 15) is 9.59 Å². The summed E-state index contributed by atoms with van der Waals surface area (Å²) in [6.45, 7) is 0.410. The Morgan fingerprint density at radius 1 is 1.05 bits per heavy atom. The minimum atomic E-state index is -1.04. The first-order valence-corrected chi connectivity index (χ1v) is 6.10. The maximum atomic E-state index is 11.6. The molecule has 0 aliphatic rings. The van der Waals surface area contributed by atoms with Gasteiger partial charge in [-0.15, -0.1) is 0 Å². The first-order chi connectivity index (χ1) is 10.1. The standard InChI is InChI=1S/C13H13N5O3/c19-12(20)9-1-4-15-11(5-9)7-17-13(21)16-6-10-2-3-14-8-18-10/h1-5,8H,6-7H2,(H,19,20)(H2,16,17,21). The van der Waals surface area contributed by atoms with Gasteiger partial charge in [-0.3, -0.25) is 4.98 Å². The lowest BCUT2D eigenvalue weighted by atomic mass is 10.2. The molecule has 108 valence electrons. The molecule has 0 radical (unpaired) electrons. The van der Waals surface area contributed by atoms with Crippen LogP contribution in [0.1, 0.15) is 21.7 Å². The van der Waals surface area contributed by atoms with Crippen molar-refractivity contribution in [2.75, 3.05) is 0 Å². The Hall–Kier alpha value is -3.03. The fraction of sp³-hybridized carbons (Fsp3) is 0.154. The topological polar surface area (TPSA) is 117 Å². The Kier molecular flexibility index (Phi) is 4.75. The number of nitrogens with one attached hydrogen (secondary N) is 2. The summed E-state index contributed by atoms with van der Waals surface area (Å²) in [5.74, 6) is -1.04. The van der Waals surface area contributed by atoms with Crippen molar-refractivity contribution in [2.45, 2.75) is 13.1 Å². The lowest BCUT2D eigenvalue weighted by Crippen LogP contribution is -2.35. The number of carbonyl (C=O) groups excluding carboxylic acids is 1. The third kappa shape index (κ3) is 4.53. The van der Waals surface area contributed by atoms with E-state index in [0.717, 1.165) is 0 Å². The number of rotatable bonds is 5. The Labute approximate surface area is 120 Å². The number of aromatic carboxylic acids is 1. The molecule has 0 aromatic carbocycles. The van der Waals surface area contributed by atoms with Crippen molar-refractivity contribution in [3.8, 4) is 0 Å². The summed E-state index contributed by atoms with van der Waals surface area (Å²) in [7, 11) is 0. The number of hydrogen-bond donors (Lipinski definition) is 3. The first kappa shape index (κ1) is 14.4. The van der Waals surface area contributed by atoms with Gasteiger partial charge in [0.15, 0.2) is 0 Å². The van der Waals surface area contributed by atoms with Gasteiger partial charge in [-0.1, -0.05) is 0 Å². The Morgan fingerprint density at radius 2 is 1.81 bits per heavy atom. The maximum Gasteiger partial charge on any atom is 0.335 e. The lowest BCUT2D eigenvalue weighted by Gasteiger charge is -2.07. The van der Waals surface area contributed by atoms with Gasteiger partial charge in [0.2, 0.25) is 0 Å². The molecule has 0 aliphatic carbocycles. The van der Waals surface area contributed by atoms with E-state index in [1.165, 1.54) is 24.7 Å². The van der Waals surface area contributed by atoms with Gasteiger partial charge < -0.3 is 15.7 Å². The summed E-state index contributed by atoms with van der Waals surface area (Å²) < 4.78 is 0. The number of nitrogens with zero attached hydrogens (tertiary/aromatic N) is 3. The molecular weight excluding hydrogens is 274 g/mol. The van der Waals surface area contributed by atoms with E-state index in [2.05, 4.69) is 25.6 Å². The van der Waals surface area contributed by atoms with Crippen LogP contribution >= 0.6 is 0 Å². The number of hydrogen-bond acceptors (Lipinski definition) is 5. The molecule has 2 aromatic rings.